The fourth-order valence-corrected chi connectivity index (χ4v) is 1.03. The SMILES string of the molecule is NS(=O)(=O)NCCn1cnnc1. The Morgan fingerprint density at radius 1 is 1.42 bits per heavy atom. The molecule has 0 unspecified atom stereocenters. The summed E-state index contributed by atoms with van der Waals surface area (Å²) >= 11 is 0. The Labute approximate surface area is 69.8 Å². The maximum absolute atomic E-state index is 10.4. The third-order valence-electron chi connectivity index (χ3n) is 1.14. The average Bonchev–Trinajstić information content (AvgIpc) is 2.36. The second-order valence-electron chi connectivity index (χ2n) is 2.14. The van der Waals surface area contributed by atoms with E-state index in [9.17, 15) is 8.42 Å². The molecule has 1 heterocycles. The molecular formula is C4H9N5O2S. The van der Waals surface area contributed by atoms with E-state index >= 15 is 0 Å². The molecule has 0 aliphatic carbocycles. The quantitative estimate of drug-likeness (QED) is 0.578. The van der Waals surface area contributed by atoms with Crippen molar-refractivity contribution in [2.45, 2.75) is 6.54 Å². The predicted octanol–water partition coefficient (Wildman–Crippen LogP) is -1.93. The zero-order chi connectivity index (χ0) is 9.03. The van der Waals surface area contributed by atoms with Crippen LogP contribution in [-0.4, -0.2) is 29.7 Å². The van der Waals surface area contributed by atoms with E-state index in [2.05, 4.69) is 14.9 Å². The van der Waals surface area contributed by atoms with Crippen molar-refractivity contribution < 1.29 is 8.42 Å². The van der Waals surface area contributed by atoms with E-state index in [0.717, 1.165) is 0 Å². The van der Waals surface area contributed by atoms with Crippen LogP contribution in [0.15, 0.2) is 12.7 Å². The summed E-state index contributed by atoms with van der Waals surface area (Å²) in [5.74, 6) is 0. The van der Waals surface area contributed by atoms with Crippen LogP contribution in [0.2, 0.25) is 0 Å². The molecule has 0 aromatic carbocycles. The van der Waals surface area contributed by atoms with Crippen LogP contribution in [0.1, 0.15) is 0 Å². The van der Waals surface area contributed by atoms with Crippen molar-refractivity contribution >= 4 is 10.2 Å². The lowest BCUT2D eigenvalue weighted by Crippen LogP contribution is -2.33. The van der Waals surface area contributed by atoms with Crippen LogP contribution in [0.5, 0.6) is 0 Å². The number of aromatic nitrogens is 3. The van der Waals surface area contributed by atoms with E-state index in [4.69, 9.17) is 5.14 Å². The summed E-state index contributed by atoms with van der Waals surface area (Å²) in [7, 11) is -3.58. The van der Waals surface area contributed by atoms with E-state index in [1.807, 2.05) is 0 Å². The van der Waals surface area contributed by atoms with E-state index in [1.165, 1.54) is 12.7 Å². The monoisotopic (exact) mass is 191 g/mol. The zero-order valence-corrected chi connectivity index (χ0v) is 7.03. The summed E-state index contributed by atoms with van der Waals surface area (Å²) < 4.78 is 24.5. The van der Waals surface area contributed by atoms with Crippen LogP contribution in [0.25, 0.3) is 0 Å². The van der Waals surface area contributed by atoms with E-state index < -0.39 is 10.2 Å². The van der Waals surface area contributed by atoms with Gasteiger partial charge in [-0.25, -0.2) is 9.86 Å². The Balaban J connectivity index is 2.29. The second-order valence-corrected chi connectivity index (χ2v) is 3.52. The highest BCUT2D eigenvalue weighted by molar-refractivity contribution is 7.87. The summed E-state index contributed by atoms with van der Waals surface area (Å²) in [6.07, 6.45) is 2.98. The van der Waals surface area contributed by atoms with Gasteiger partial charge in [0.25, 0.3) is 10.2 Å². The highest BCUT2D eigenvalue weighted by Crippen LogP contribution is 1.80. The lowest BCUT2D eigenvalue weighted by Gasteiger charge is -2.00. The Bertz CT molecular complexity index is 317. The van der Waals surface area contributed by atoms with Gasteiger partial charge >= 0.3 is 0 Å². The van der Waals surface area contributed by atoms with Crippen LogP contribution in [0, 0.1) is 0 Å². The molecule has 0 aliphatic rings. The van der Waals surface area contributed by atoms with Crippen LogP contribution in [-0.2, 0) is 16.8 Å². The molecular weight excluding hydrogens is 182 g/mol. The van der Waals surface area contributed by atoms with Crippen molar-refractivity contribution in [2.24, 2.45) is 5.14 Å². The first kappa shape index (κ1) is 9.10. The molecule has 1 aromatic heterocycles. The molecule has 0 radical (unpaired) electrons. The van der Waals surface area contributed by atoms with Crippen molar-refractivity contribution in [3.05, 3.63) is 12.7 Å². The summed E-state index contributed by atoms with van der Waals surface area (Å²) in [5.41, 5.74) is 0. The Morgan fingerprint density at radius 2 is 2.00 bits per heavy atom. The molecule has 1 rings (SSSR count). The van der Waals surface area contributed by atoms with Crippen molar-refractivity contribution in [2.75, 3.05) is 6.54 Å². The summed E-state index contributed by atoms with van der Waals surface area (Å²) in [6, 6.07) is 0. The molecule has 0 fully saturated rings. The molecule has 8 heteroatoms. The molecule has 0 amide bonds. The molecule has 7 nitrogen and oxygen atoms in total. The van der Waals surface area contributed by atoms with E-state index in [0.29, 0.717) is 6.54 Å². The topological polar surface area (TPSA) is 103 Å². The molecule has 0 spiro atoms. The first-order chi connectivity index (χ1) is 5.58. The van der Waals surface area contributed by atoms with Gasteiger partial charge in [-0.3, -0.25) is 0 Å². The fraction of sp³-hybridized carbons (Fsp3) is 0.500. The van der Waals surface area contributed by atoms with Gasteiger partial charge in [0.2, 0.25) is 0 Å². The first-order valence-electron chi connectivity index (χ1n) is 3.18. The summed E-state index contributed by atoms with van der Waals surface area (Å²) in [6.45, 7) is 0.695. The molecule has 0 bridgehead atoms. The lowest BCUT2D eigenvalue weighted by molar-refractivity contribution is 0.574. The average molecular weight is 191 g/mol. The van der Waals surface area contributed by atoms with Gasteiger partial charge in [-0.1, -0.05) is 0 Å². The molecule has 0 saturated heterocycles. The Hall–Kier alpha value is -0.990. The summed E-state index contributed by atoms with van der Waals surface area (Å²) in [4.78, 5) is 0. The van der Waals surface area contributed by atoms with Crippen LogP contribution < -0.4 is 9.86 Å². The maximum atomic E-state index is 10.4. The van der Waals surface area contributed by atoms with E-state index in [1.54, 1.807) is 4.57 Å². The number of nitrogens with zero attached hydrogens (tertiary/aromatic N) is 3. The summed E-state index contributed by atoms with van der Waals surface area (Å²) in [5, 5.41) is 11.8. The Kier molecular flexibility index (Phi) is 2.74. The van der Waals surface area contributed by atoms with Gasteiger partial charge < -0.3 is 4.57 Å². The third-order valence-corrected chi connectivity index (χ3v) is 1.75. The predicted molar refractivity (Wildman–Crippen MR) is 41.1 cm³/mol. The van der Waals surface area contributed by atoms with Crippen molar-refractivity contribution in [3.63, 3.8) is 0 Å². The van der Waals surface area contributed by atoms with Crippen LogP contribution in [0.3, 0.4) is 0 Å². The number of hydrogen-bond donors (Lipinski definition) is 2. The highest BCUT2D eigenvalue weighted by Gasteiger charge is 1.98. The minimum atomic E-state index is -3.58. The van der Waals surface area contributed by atoms with E-state index in [-0.39, 0.29) is 6.54 Å². The minimum absolute atomic E-state index is 0.233. The van der Waals surface area contributed by atoms with Crippen LogP contribution in [0.4, 0.5) is 0 Å². The largest absolute Gasteiger partial charge is 0.319 e. The van der Waals surface area contributed by atoms with Crippen molar-refractivity contribution in [3.8, 4) is 0 Å². The standard InChI is InChI=1S/C4H9N5O2S/c5-12(10,11)8-1-2-9-3-6-7-4-9/h3-4,8H,1-2H2,(H2,5,10,11). The maximum Gasteiger partial charge on any atom is 0.274 e. The minimum Gasteiger partial charge on any atom is -0.319 e. The van der Waals surface area contributed by atoms with Gasteiger partial charge in [-0.2, -0.15) is 8.42 Å². The Morgan fingerprint density at radius 3 is 2.50 bits per heavy atom. The highest BCUT2D eigenvalue weighted by atomic mass is 32.2. The number of nitrogens with two attached hydrogens (primary N) is 1. The van der Waals surface area contributed by atoms with Gasteiger partial charge in [0.05, 0.1) is 0 Å². The molecule has 1 aromatic rings. The number of hydrogen-bond acceptors (Lipinski definition) is 4. The molecule has 3 N–H and O–H groups in total. The number of nitrogens with one attached hydrogen (secondary N) is 1. The second kappa shape index (κ2) is 3.61. The van der Waals surface area contributed by atoms with Gasteiger partial charge in [0.15, 0.2) is 0 Å². The van der Waals surface area contributed by atoms with Crippen molar-refractivity contribution in [1.82, 2.24) is 19.5 Å². The van der Waals surface area contributed by atoms with Gasteiger partial charge in [-0.05, 0) is 0 Å². The molecule has 0 saturated carbocycles. The first-order valence-corrected chi connectivity index (χ1v) is 4.72. The smallest absolute Gasteiger partial charge is 0.274 e. The van der Waals surface area contributed by atoms with Gasteiger partial charge in [0, 0.05) is 13.1 Å². The van der Waals surface area contributed by atoms with Crippen LogP contribution >= 0.6 is 0 Å². The fourth-order valence-electron chi connectivity index (χ4n) is 0.655. The molecule has 0 atom stereocenters. The van der Waals surface area contributed by atoms with Gasteiger partial charge in [-0.15, -0.1) is 10.2 Å². The van der Waals surface area contributed by atoms with Gasteiger partial charge in [0.1, 0.15) is 12.7 Å². The normalized spacial score (nSPS) is 11.8. The third kappa shape index (κ3) is 3.42. The molecule has 68 valence electrons. The molecule has 0 aliphatic heterocycles. The van der Waals surface area contributed by atoms with Crippen molar-refractivity contribution in [1.29, 1.82) is 0 Å². The lowest BCUT2D eigenvalue weighted by atomic mass is 10.6. The molecule has 12 heavy (non-hydrogen) atoms. The zero-order valence-electron chi connectivity index (χ0n) is 6.21. The number of rotatable bonds is 4.